The van der Waals surface area contributed by atoms with Crippen molar-refractivity contribution in [3.05, 3.63) is 47.5 Å². The molecule has 2 N–H and O–H groups in total. The lowest BCUT2D eigenvalue weighted by atomic mass is 9.95. The van der Waals surface area contributed by atoms with Gasteiger partial charge in [0.05, 0.1) is 13.1 Å². The second-order valence-electron chi connectivity index (χ2n) is 8.43. The Hall–Kier alpha value is -3.23. The van der Waals surface area contributed by atoms with Gasteiger partial charge in [0.25, 0.3) is 0 Å². The summed E-state index contributed by atoms with van der Waals surface area (Å²) < 4.78 is 18.3. The summed E-state index contributed by atoms with van der Waals surface area (Å²) in [7, 11) is 0. The minimum absolute atomic E-state index is 0.0574. The highest BCUT2D eigenvalue weighted by molar-refractivity contribution is 5.92. The molecule has 0 saturated heterocycles. The lowest BCUT2D eigenvalue weighted by molar-refractivity contribution is -0.126. The van der Waals surface area contributed by atoms with Crippen molar-refractivity contribution in [2.45, 2.75) is 70.9 Å². The molecule has 0 radical (unpaired) electrons. The number of halogens is 1. The maximum atomic E-state index is 13.2. The van der Waals surface area contributed by atoms with Gasteiger partial charge in [0.15, 0.2) is 5.82 Å². The van der Waals surface area contributed by atoms with Crippen molar-refractivity contribution in [2.24, 2.45) is 0 Å². The summed E-state index contributed by atoms with van der Waals surface area (Å²) in [5.41, 5.74) is 0.743. The van der Waals surface area contributed by atoms with E-state index >= 15 is 0 Å². The highest BCUT2D eigenvalue weighted by Crippen LogP contribution is 2.20. The monoisotopic (exact) mass is 458 g/mol. The van der Waals surface area contributed by atoms with Crippen molar-refractivity contribution in [3.63, 3.8) is 0 Å². The van der Waals surface area contributed by atoms with Crippen molar-refractivity contribution in [1.82, 2.24) is 15.8 Å². The van der Waals surface area contributed by atoms with Crippen LogP contribution in [0.3, 0.4) is 0 Å². The molecule has 1 heterocycles. The molecular weight excluding hydrogens is 427 g/mol. The van der Waals surface area contributed by atoms with E-state index in [2.05, 4.69) is 15.8 Å². The highest BCUT2D eigenvalue weighted by atomic mass is 19.1. The van der Waals surface area contributed by atoms with Crippen LogP contribution in [0.25, 0.3) is 0 Å². The Morgan fingerprint density at radius 1 is 1.09 bits per heavy atom. The first-order valence-corrected chi connectivity index (χ1v) is 11.4. The van der Waals surface area contributed by atoms with Crippen LogP contribution in [0.1, 0.15) is 62.7 Å². The summed E-state index contributed by atoms with van der Waals surface area (Å²) in [6, 6.07) is 7.73. The number of hydrogen-bond acceptors (Lipinski definition) is 5. The van der Waals surface area contributed by atoms with E-state index in [1.54, 1.807) is 25.1 Å². The van der Waals surface area contributed by atoms with Crippen molar-refractivity contribution >= 4 is 23.5 Å². The van der Waals surface area contributed by atoms with Crippen molar-refractivity contribution < 1.29 is 23.3 Å². The van der Waals surface area contributed by atoms with Gasteiger partial charge in [-0.1, -0.05) is 36.6 Å². The molecule has 2 aromatic rings. The zero-order valence-corrected chi connectivity index (χ0v) is 18.9. The molecule has 1 aromatic heterocycles. The predicted octanol–water partition coefficient (Wildman–Crippen LogP) is 3.39. The summed E-state index contributed by atoms with van der Waals surface area (Å²) in [6.45, 7) is 1.88. The third-order valence-corrected chi connectivity index (χ3v) is 5.66. The molecule has 0 unspecified atom stereocenters. The van der Waals surface area contributed by atoms with Gasteiger partial charge >= 0.3 is 0 Å². The van der Waals surface area contributed by atoms with Crippen molar-refractivity contribution in [2.75, 3.05) is 11.4 Å². The molecule has 9 heteroatoms. The smallest absolute Gasteiger partial charge is 0.239 e. The number of carbonyl (C=O) groups excluding carboxylic acids is 3. The Morgan fingerprint density at radius 3 is 2.48 bits per heavy atom. The van der Waals surface area contributed by atoms with Gasteiger partial charge in [-0.05, 0) is 43.9 Å². The summed E-state index contributed by atoms with van der Waals surface area (Å²) >= 11 is 0. The van der Waals surface area contributed by atoms with Gasteiger partial charge < -0.3 is 15.2 Å². The van der Waals surface area contributed by atoms with Gasteiger partial charge in [0.1, 0.15) is 11.6 Å². The molecule has 33 heavy (non-hydrogen) atoms. The SMILES string of the molecule is Cc1cc(N(Cc2ccc(F)cc2)C(=O)CCCC(=O)NCC(=O)NC2CCCCC2)no1. The molecule has 0 bridgehead atoms. The minimum Gasteiger partial charge on any atom is -0.360 e. The topological polar surface area (TPSA) is 105 Å². The third kappa shape index (κ3) is 8.00. The average molecular weight is 459 g/mol. The molecule has 1 aliphatic rings. The third-order valence-electron chi connectivity index (χ3n) is 5.66. The standard InChI is InChI=1S/C24H31FN4O4/c1-17-14-21(28-33-17)29(16-18-10-12-19(25)13-11-18)24(32)9-5-8-22(30)26-15-23(31)27-20-6-3-2-4-7-20/h10-14,20H,2-9,15-16H2,1H3,(H,26,30)(H,27,31). The van der Waals surface area contributed by atoms with E-state index in [1.807, 2.05) is 0 Å². The highest BCUT2D eigenvalue weighted by Gasteiger charge is 2.20. The van der Waals surface area contributed by atoms with E-state index in [0.717, 1.165) is 31.2 Å². The van der Waals surface area contributed by atoms with Crippen LogP contribution in [-0.4, -0.2) is 35.5 Å². The van der Waals surface area contributed by atoms with Gasteiger partial charge in [0.2, 0.25) is 17.7 Å². The number of rotatable bonds is 10. The fourth-order valence-electron chi connectivity index (χ4n) is 3.88. The summed E-state index contributed by atoms with van der Waals surface area (Å²) in [6.07, 6.45) is 6.00. The quantitative estimate of drug-likeness (QED) is 0.568. The number of aryl methyl sites for hydroxylation is 1. The van der Waals surface area contributed by atoms with Crippen molar-refractivity contribution in [3.8, 4) is 0 Å². The zero-order valence-electron chi connectivity index (χ0n) is 18.9. The maximum Gasteiger partial charge on any atom is 0.239 e. The van der Waals surface area contributed by atoms with Crippen LogP contribution in [0.2, 0.25) is 0 Å². The number of anilines is 1. The lowest BCUT2D eigenvalue weighted by Gasteiger charge is -2.22. The minimum atomic E-state index is -0.354. The van der Waals surface area contributed by atoms with Crippen LogP contribution in [0, 0.1) is 12.7 Å². The molecule has 8 nitrogen and oxygen atoms in total. The van der Waals surface area contributed by atoms with Gasteiger partial charge in [-0.15, -0.1) is 0 Å². The van der Waals surface area contributed by atoms with Crippen LogP contribution in [-0.2, 0) is 20.9 Å². The number of hydrogen-bond donors (Lipinski definition) is 2. The molecule has 1 aliphatic carbocycles. The molecule has 3 amide bonds. The van der Waals surface area contributed by atoms with E-state index in [-0.39, 0.29) is 55.5 Å². The Bertz CT molecular complexity index is 938. The number of aromatic nitrogens is 1. The fraction of sp³-hybridized carbons (Fsp3) is 0.500. The normalized spacial score (nSPS) is 14.0. The number of nitrogens with one attached hydrogen (secondary N) is 2. The molecule has 1 aromatic carbocycles. The second kappa shape index (κ2) is 12.1. The van der Waals surface area contributed by atoms with Crippen molar-refractivity contribution in [1.29, 1.82) is 0 Å². The fourth-order valence-corrected chi connectivity index (χ4v) is 3.88. The molecule has 178 valence electrons. The van der Waals surface area contributed by atoms with Gasteiger partial charge in [0, 0.05) is 24.9 Å². The van der Waals surface area contributed by atoms with Gasteiger partial charge in [-0.2, -0.15) is 0 Å². The van der Waals surface area contributed by atoms with Crippen LogP contribution >= 0.6 is 0 Å². The van der Waals surface area contributed by atoms with E-state index in [4.69, 9.17) is 4.52 Å². The first kappa shape index (κ1) is 24.4. The molecule has 0 atom stereocenters. The first-order valence-electron chi connectivity index (χ1n) is 11.4. The lowest BCUT2D eigenvalue weighted by Crippen LogP contribution is -2.42. The number of amides is 3. The summed E-state index contributed by atoms with van der Waals surface area (Å²) in [5.74, 6) is -0.108. The summed E-state index contributed by atoms with van der Waals surface area (Å²) in [4.78, 5) is 38.4. The first-order chi connectivity index (χ1) is 15.9. The molecule has 0 aliphatic heterocycles. The summed E-state index contributed by atoms with van der Waals surface area (Å²) in [5, 5.41) is 9.50. The van der Waals surface area contributed by atoms with Gasteiger partial charge in [-0.3, -0.25) is 19.3 Å². The maximum absolute atomic E-state index is 13.2. The molecule has 1 fully saturated rings. The van der Waals surface area contributed by atoms with E-state index in [9.17, 15) is 18.8 Å². The van der Waals surface area contributed by atoms with Gasteiger partial charge in [-0.25, -0.2) is 4.39 Å². The van der Waals surface area contributed by atoms with Crippen LogP contribution < -0.4 is 15.5 Å². The van der Waals surface area contributed by atoms with E-state index in [1.165, 1.54) is 23.5 Å². The Balaban J connectivity index is 1.44. The molecule has 3 rings (SSSR count). The average Bonchev–Trinajstić information content (AvgIpc) is 3.23. The Labute approximate surface area is 192 Å². The number of benzene rings is 1. The Morgan fingerprint density at radius 2 is 1.82 bits per heavy atom. The number of carbonyl (C=O) groups is 3. The predicted molar refractivity (Wildman–Crippen MR) is 121 cm³/mol. The molecular formula is C24H31FN4O4. The molecule has 0 spiro atoms. The number of nitrogens with zero attached hydrogens (tertiary/aromatic N) is 2. The van der Waals surface area contributed by atoms with Crippen LogP contribution in [0.15, 0.2) is 34.9 Å². The molecule has 1 saturated carbocycles. The zero-order chi connectivity index (χ0) is 23.6. The van der Waals surface area contributed by atoms with Crippen LogP contribution in [0.4, 0.5) is 10.2 Å². The largest absolute Gasteiger partial charge is 0.360 e. The van der Waals surface area contributed by atoms with E-state index < -0.39 is 0 Å². The van der Waals surface area contributed by atoms with Crippen LogP contribution in [0.5, 0.6) is 0 Å². The Kier molecular flexibility index (Phi) is 8.97. The second-order valence-corrected chi connectivity index (χ2v) is 8.43. The van der Waals surface area contributed by atoms with E-state index in [0.29, 0.717) is 18.0 Å².